The second kappa shape index (κ2) is 4.97. The summed E-state index contributed by atoms with van der Waals surface area (Å²) in [6.45, 7) is 4.39. The van der Waals surface area contributed by atoms with E-state index < -0.39 is 0 Å². The highest BCUT2D eigenvalue weighted by Gasteiger charge is 2.50. The lowest BCUT2D eigenvalue weighted by Crippen LogP contribution is -2.14. The van der Waals surface area contributed by atoms with E-state index in [1.165, 1.54) is 32.1 Å². The quantitative estimate of drug-likeness (QED) is 0.489. The third-order valence-corrected chi connectivity index (χ3v) is 2.92. The highest BCUT2D eigenvalue weighted by atomic mass is 16.6. The first kappa shape index (κ1) is 11.0. The van der Waals surface area contributed by atoms with E-state index in [9.17, 15) is 0 Å². The summed E-state index contributed by atoms with van der Waals surface area (Å²) in [4.78, 5) is 0. The van der Waals surface area contributed by atoms with E-state index in [1.807, 2.05) is 6.92 Å². The third kappa shape index (κ3) is 3.28. The number of unbranched alkanes of at least 4 members (excludes halogenated alkanes) is 4. The molecule has 1 N–H and O–H groups in total. The molecule has 2 atom stereocenters. The van der Waals surface area contributed by atoms with Gasteiger partial charge in [-0.15, -0.1) is 0 Å². The van der Waals surface area contributed by atoms with Crippen molar-refractivity contribution >= 4 is 0 Å². The normalized spacial score (nSPS) is 32.1. The van der Waals surface area contributed by atoms with Crippen LogP contribution in [0.4, 0.5) is 0 Å². The van der Waals surface area contributed by atoms with Crippen LogP contribution in [-0.2, 0) is 4.74 Å². The molecule has 2 unspecified atom stereocenters. The molecule has 0 bridgehead atoms. The fourth-order valence-corrected chi connectivity index (χ4v) is 1.73. The van der Waals surface area contributed by atoms with E-state index in [4.69, 9.17) is 9.84 Å². The molecule has 0 amide bonds. The smallest absolute Gasteiger partial charge is 0.115 e. The zero-order valence-corrected chi connectivity index (χ0v) is 8.88. The zero-order valence-electron chi connectivity index (χ0n) is 8.88. The molecule has 0 saturated carbocycles. The van der Waals surface area contributed by atoms with Crippen LogP contribution in [0.5, 0.6) is 0 Å². The molecule has 1 fully saturated rings. The number of hydrogen-bond acceptors (Lipinski definition) is 2. The van der Waals surface area contributed by atoms with Gasteiger partial charge in [-0.05, 0) is 13.3 Å². The number of hydrogen-bond donors (Lipinski definition) is 1. The van der Waals surface area contributed by atoms with Crippen molar-refractivity contribution in [1.29, 1.82) is 0 Å². The lowest BCUT2D eigenvalue weighted by atomic mass is 10.0. The van der Waals surface area contributed by atoms with Gasteiger partial charge in [-0.3, -0.25) is 0 Å². The van der Waals surface area contributed by atoms with Crippen LogP contribution in [-0.4, -0.2) is 23.4 Å². The van der Waals surface area contributed by atoms with Gasteiger partial charge < -0.3 is 9.84 Å². The van der Waals surface area contributed by atoms with Crippen LogP contribution in [0.25, 0.3) is 0 Å². The molecule has 0 aliphatic carbocycles. The molecule has 0 spiro atoms. The molecule has 0 radical (unpaired) electrons. The molecular weight excluding hydrogens is 164 g/mol. The number of aliphatic hydroxyl groups excluding tert-OH is 1. The molecule has 1 aliphatic heterocycles. The van der Waals surface area contributed by atoms with E-state index in [-0.39, 0.29) is 12.2 Å². The Hall–Kier alpha value is -0.0800. The first-order valence-electron chi connectivity index (χ1n) is 5.51. The zero-order chi connectivity index (χ0) is 9.73. The van der Waals surface area contributed by atoms with E-state index in [2.05, 4.69) is 6.92 Å². The fourth-order valence-electron chi connectivity index (χ4n) is 1.73. The summed E-state index contributed by atoms with van der Waals surface area (Å²) in [6.07, 6.45) is 8.02. The topological polar surface area (TPSA) is 32.8 Å². The summed E-state index contributed by atoms with van der Waals surface area (Å²) in [7, 11) is 0. The predicted molar refractivity (Wildman–Crippen MR) is 53.7 cm³/mol. The van der Waals surface area contributed by atoms with Gasteiger partial charge in [-0.2, -0.15) is 0 Å². The molecule has 1 heterocycles. The van der Waals surface area contributed by atoms with Gasteiger partial charge in [0.25, 0.3) is 0 Å². The molecule has 78 valence electrons. The molecule has 0 aromatic heterocycles. The highest BCUT2D eigenvalue weighted by molar-refractivity contribution is 4.98. The summed E-state index contributed by atoms with van der Waals surface area (Å²) in [6, 6.07) is 0. The molecule has 2 nitrogen and oxygen atoms in total. The van der Waals surface area contributed by atoms with Crippen LogP contribution in [0.15, 0.2) is 0 Å². The van der Waals surface area contributed by atoms with Crippen LogP contribution < -0.4 is 0 Å². The van der Waals surface area contributed by atoms with Gasteiger partial charge in [0.1, 0.15) is 5.60 Å². The minimum absolute atomic E-state index is 0.173. The van der Waals surface area contributed by atoms with Crippen molar-refractivity contribution in [3.8, 4) is 0 Å². The summed E-state index contributed by atoms with van der Waals surface area (Å²) < 4.78 is 5.41. The Balaban J connectivity index is 1.91. The maximum absolute atomic E-state index is 8.95. The Morgan fingerprint density at radius 2 is 1.92 bits per heavy atom. The summed E-state index contributed by atoms with van der Waals surface area (Å²) in [5, 5.41) is 8.95. The predicted octanol–water partition coefficient (Wildman–Crippen LogP) is 2.50. The fraction of sp³-hybridized carbons (Fsp3) is 1.00. The average molecular weight is 186 g/mol. The second-order valence-electron chi connectivity index (χ2n) is 4.28. The lowest BCUT2D eigenvalue weighted by molar-refractivity contribution is 0.184. The largest absolute Gasteiger partial charge is 0.393 e. The molecule has 1 aliphatic rings. The second-order valence-corrected chi connectivity index (χ2v) is 4.28. The van der Waals surface area contributed by atoms with E-state index in [1.54, 1.807) is 0 Å². The van der Waals surface area contributed by atoms with E-state index >= 15 is 0 Å². The van der Waals surface area contributed by atoms with Crippen molar-refractivity contribution in [2.75, 3.05) is 6.61 Å². The third-order valence-electron chi connectivity index (χ3n) is 2.92. The minimum Gasteiger partial charge on any atom is -0.393 e. The Morgan fingerprint density at radius 3 is 2.46 bits per heavy atom. The SMILES string of the molecule is CCCCCCCC1OC1(C)CO. The van der Waals surface area contributed by atoms with E-state index in [0.717, 1.165) is 6.42 Å². The van der Waals surface area contributed by atoms with Crippen LogP contribution in [0, 0.1) is 0 Å². The van der Waals surface area contributed by atoms with Gasteiger partial charge in [0.15, 0.2) is 0 Å². The molecular formula is C11H22O2. The maximum atomic E-state index is 8.95. The van der Waals surface area contributed by atoms with Gasteiger partial charge in [-0.1, -0.05) is 39.0 Å². The Kier molecular flexibility index (Phi) is 4.20. The van der Waals surface area contributed by atoms with Crippen molar-refractivity contribution in [3.05, 3.63) is 0 Å². The molecule has 1 saturated heterocycles. The first-order valence-corrected chi connectivity index (χ1v) is 5.51. The summed E-state index contributed by atoms with van der Waals surface area (Å²) >= 11 is 0. The van der Waals surface area contributed by atoms with Gasteiger partial charge >= 0.3 is 0 Å². The molecule has 1 rings (SSSR count). The standard InChI is InChI=1S/C11H22O2/c1-3-4-5-6-7-8-10-11(2,9-12)13-10/h10,12H,3-9H2,1-2H3. The van der Waals surface area contributed by atoms with Crippen molar-refractivity contribution < 1.29 is 9.84 Å². The average Bonchev–Trinajstić information content (AvgIpc) is 2.78. The van der Waals surface area contributed by atoms with Gasteiger partial charge in [0.05, 0.1) is 12.7 Å². The van der Waals surface area contributed by atoms with Gasteiger partial charge in [0.2, 0.25) is 0 Å². The molecule has 0 aromatic rings. The minimum atomic E-state index is -0.190. The van der Waals surface area contributed by atoms with Crippen molar-refractivity contribution in [3.63, 3.8) is 0 Å². The van der Waals surface area contributed by atoms with Crippen LogP contribution >= 0.6 is 0 Å². The summed E-state index contributed by atoms with van der Waals surface area (Å²) in [5.74, 6) is 0. The lowest BCUT2D eigenvalue weighted by Gasteiger charge is -2.00. The number of rotatable bonds is 7. The Morgan fingerprint density at radius 1 is 1.23 bits per heavy atom. The highest BCUT2D eigenvalue weighted by Crippen LogP contribution is 2.38. The monoisotopic (exact) mass is 186 g/mol. The Bertz CT molecular complexity index is 147. The van der Waals surface area contributed by atoms with Gasteiger partial charge in [-0.25, -0.2) is 0 Å². The van der Waals surface area contributed by atoms with Crippen molar-refractivity contribution in [2.24, 2.45) is 0 Å². The number of aliphatic hydroxyl groups is 1. The van der Waals surface area contributed by atoms with Crippen LogP contribution in [0.3, 0.4) is 0 Å². The van der Waals surface area contributed by atoms with Crippen LogP contribution in [0.2, 0.25) is 0 Å². The molecule has 2 heteroatoms. The van der Waals surface area contributed by atoms with Gasteiger partial charge in [0, 0.05) is 0 Å². The van der Waals surface area contributed by atoms with Crippen LogP contribution in [0.1, 0.15) is 52.4 Å². The Labute approximate surface area is 81.3 Å². The van der Waals surface area contributed by atoms with Crippen molar-refractivity contribution in [2.45, 2.75) is 64.1 Å². The first-order chi connectivity index (χ1) is 6.23. The van der Waals surface area contributed by atoms with Crippen molar-refractivity contribution in [1.82, 2.24) is 0 Å². The molecule has 0 aromatic carbocycles. The number of ether oxygens (including phenoxy) is 1. The molecule has 13 heavy (non-hydrogen) atoms. The number of epoxide rings is 1. The van der Waals surface area contributed by atoms with E-state index in [0.29, 0.717) is 6.10 Å². The summed E-state index contributed by atoms with van der Waals surface area (Å²) in [5.41, 5.74) is -0.190. The maximum Gasteiger partial charge on any atom is 0.115 e.